The molecule has 2 fully saturated rings. The minimum atomic E-state index is -0.137. The average Bonchev–Trinajstić information content (AvgIpc) is 3.30. The molecule has 0 bridgehead atoms. The Morgan fingerprint density at radius 2 is 1.43 bits per heavy atom. The second-order valence-electron chi connectivity index (χ2n) is 7.00. The molecule has 1 N–H and O–H groups in total. The zero-order valence-corrected chi connectivity index (χ0v) is 13.9. The fourth-order valence-corrected chi connectivity index (χ4v) is 3.76. The Balaban J connectivity index is 1.91. The van der Waals surface area contributed by atoms with Gasteiger partial charge in [-0.05, 0) is 25.7 Å². The van der Waals surface area contributed by atoms with Gasteiger partial charge in [0.05, 0.1) is 12.7 Å². The fraction of sp³-hybridized carbons (Fsp3) is 1.00. The summed E-state index contributed by atoms with van der Waals surface area (Å²) < 4.78 is 5.29. The van der Waals surface area contributed by atoms with E-state index in [4.69, 9.17) is 4.74 Å². The molecule has 3 nitrogen and oxygen atoms in total. The van der Waals surface area contributed by atoms with Gasteiger partial charge in [-0.15, -0.1) is 0 Å². The molecule has 2 saturated carbocycles. The predicted octanol–water partition coefficient (Wildman–Crippen LogP) is 3.74. The first kappa shape index (κ1) is 17.2. The summed E-state index contributed by atoms with van der Waals surface area (Å²) >= 11 is 0. The highest BCUT2D eigenvalue weighted by molar-refractivity contribution is 4.91. The van der Waals surface area contributed by atoms with Crippen LogP contribution in [0.5, 0.6) is 0 Å². The van der Waals surface area contributed by atoms with Gasteiger partial charge in [0.15, 0.2) is 0 Å². The summed E-state index contributed by atoms with van der Waals surface area (Å²) in [6.07, 6.45) is 15.3. The maximum atomic E-state index is 10.7. The molecule has 2 aliphatic rings. The van der Waals surface area contributed by atoms with E-state index in [1.54, 1.807) is 7.11 Å². The van der Waals surface area contributed by atoms with Crippen molar-refractivity contribution in [3.8, 4) is 0 Å². The molecule has 0 aliphatic heterocycles. The molecule has 0 aromatic heterocycles. The summed E-state index contributed by atoms with van der Waals surface area (Å²) in [7, 11) is 1.78. The maximum absolute atomic E-state index is 10.7. The third kappa shape index (κ3) is 6.25. The summed E-state index contributed by atoms with van der Waals surface area (Å²) in [6.45, 7) is 1.78. The van der Waals surface area contributed by atoms with E-state index in [0.717, 1.165) is 19.6 Å². The van der Waals surface area contributed by atoms with Crippen molar-refractivity contribution in [3.63, 3.8) is 0 Å². The van der Waals surface area contributed by atoms with Crippen LogP contribution >= 0.6 is 0 Å². The Labute approximate surface area is 131 Å². The van der Waals surface area contributed by atoms with Gasteiger partial charge in [-0.1, -0.05) is 51.4 Å². The van der Waals surface area contributed by atoms with E-state index >= 15 is 0 Å². The van der Waals surface area contributed by atoms with Crippen molar-refractivity contribution in [3.05, 3.63) is 0 Å². The monoisotopic (exact) mass is 297 g/mol. The molecule has 2 aliphatic carbocycles. The van der Waals surface area contributed by atoms with Gasteiger partial charge in [0.2, 0.25) is 0 Å². The second-order valence-corrected chi connectivity index (χ2v) is 7.00. The number of hydrogen-bond donors (Lipinski definition) is 1. The third-order valence-electron chi connectivity index (χ3n) is 5.19. The quantitative estimate of drug-likeness (QED) is 0.839. The van der Waals surface area contributed by atoms with E-state index < -0.39 is 0 Å². The molecule has 2 atom stereocenters. The van der Waals surface area contributed by atoms with Crippen LogP contribution < -0.4 is 0 Å². The molecule has 3 heteroatoms. The summed E-state index contributed by atoms with van der Waals surface area (Å²) in [6, 6.07) is 1.08. The Bertz CT molecular complexity index is 268. The van der Waals surface area contributed by atoms with Crippen molar-refractivity contribution < 1.29 is 9.84 Å². The molecule has 2 rings (SSSR count). The highest BCUT2D eigenvalue weighted by atomic mass is 16.5. The molecular formula is C18H35NO2. The van der Waals surface area contributed by atoms with Crippen molar-refractivity contribution in [1.29, 1.82) is 0 Å². The highest BCUT2D eigenvalue weighted by Gasteiger charge is 2.36. The Hall–Kier alpha value is -0.120. The molecule has 124 valence electrons. The van der Waals surface area contributed by atoms with Gasteiger partial charge in [0.25, 0.3) is 0 Å². The first-order valence-corrected chi connectivity index (χ1v) is 9.25. The number of nitrogens with zero attached hydrogens (tertiary/aromatic N) is 1. The van der Waals surface area contributed by atoms with Crippen LogP contribution in [0.1, 0.15) is 77.0 Å². The molecule has 0 heterocycles. The highest BCUT2D eigenvalue weighted by Crippen LogP contribution is 2.32. The van der Waals surface area contributed by atoms with Gasteiger partial charge in [-0.25, -0.2) is 0 Å². The molecule has 2 unspecified atom stereocenters. The molecule has 0 aromatic rings. The largest absolute Gasteiger partial charge is 0.391 e. The smallest absolute Gasteiger partial charge is 0.0695 e. The lowest BCUT2D eigenvalue weighted by Crippen LogP contribution is -2.46. The minimum Gasteiger partial charge on any atom is -0.391 e. The van der Waals surface area contributed by atoms with Crippen LogP contribution in [0.2, 0.25) is 0 Å². The maximum Gasteiger partial charge on any atom is 0.0695 e. The molecule has 0 aromatic carbocycles. The first-order valence-electron chi connectivity index (χ1n) is 9.25. The zero-order chi connectivity index (χ0) is 14.9. The van der Waals surface area contributed by atoms with Gasteiger partial charge in [-0.2, -0.15) is 0 Å². The second kappa shape index (κ2) is 9.81. The molecular weight excluding hydrogens is 262 g/mol. The molecule has 0 amide bonds. The van der Waals surface area contributed by atoms with Crippen molar-refractivity contribution in [2.45, 2.75) is 95.2 Å². The normalized spacial score (nSPS) is 29.9. The van der Waals surface area contributed by atoms with E-state index in [-0.39, 0.29) is 6.10 Å². The van der Waals surface area contributed by atoms with Gasteiger partial charge in [0, 0.05) is 25.7 Å². The number of hydrogen-bond acceptors (Lipinski definition) is 3. The number of rotatable bonds is 5. The van der Waals surface area contributed by atoms with Crippen LogP contribution in [0.3, 0.4) is 0 Å². The van der Waals surface area contributed by atoms with Crippen molar-refractivity contribution in [2.75, 3.05) is 20.3 Å². The van der Waals surface area contributed by atoms with Crippen LogP contribution in [0.4, 0.5) is 0 Å². The first-order chi connectivity index (χ1) is 10.3. The number of aliphatic hydroxyl groups excluding tert-OH is 1. The van der Waals surface area contributed by atoms with Crippen molar-refractivity contribution in [1.82, 2.24) is 4.90 Å². The molecule has 0 radical (unpaired) electrons. The van der Waals surface area contributed by atoms with Gasteiger partial charge < -0.3 is 9.84 Å². The lowest BCUT2D eigenvalue weighted by molar-refractivity contribution is 0.0178. The standard InChI is InChI=1S/C18H35NO2/c1-21-15-14-19(16-12-13-16)17-10-8-6-4-2-3-5-7-9-11-18(17)20/h16-18,20H,2-15H2,1H3. The topological polar surface area (TPSA) is 32.7 Å². The fourth-order valence-electron chi connectivity index (χ4n) is 3.76. The number of aliphatic hydroxyl groups is 1. The average molecular weight is 297 g/mol. The van der Waals surface area contributed by atoms with Crippen LogP contribution in [0.15, 0.2) is 0 Å². The van der Waals surface area contributed by atoms with Crippen LogP contribution in [-0.2, 0) is 4.74 Å². The van der Waals surface area contributed by atoms with E-state index in [1.165, 1.54) is 70.6 Å². The van der Waals surface area contributed by atoms with Gasteiger partial charge in [0.1, 0.15) is 0 Å². The predicted molar refractivity (Wildman–Crippen MR) is 87.6 cm³/mol. The van der Waals surface area contributed by atoms with Crippen LogP contribution in [-0.4, -0.2) is 48.5 Å². The Morgan fingerprint density at radius 1 is 0.857 bits per heavy atom. The van der Waals surface area contributed by atoms with E-state index in [2.05, 4.69) is 4.90 Å². The Kier molecular flexibility index (Phi) is 8.05. The third-order valence-corrected chi connectivity index (χ3v) is 5.19. The SMILES string of the molecule is COCCN(C1CC1)C1CCCCCCCCCCC1O. The Morgan fingerprint density at radius 3 is 2.00 bits per heavy atom. The number of ether oxygens (including phenoxy) is 1. The lowest BCUT2D eigenvalue weighted by Gasteiger charge is -2.35. The van der Waals surface area contributed by atoms with Crippen molar-refractivity contribution >= 4 is 0 Å². The van der Waals surface area contributed by atoms with Crippen LogP contribution in [0.25, 0.3) is 0 Å². The van der Waals surface area contributed by atoms with E-state index in [0.29, 0.717) is 12.1 Å². The van der Waals surface area contributed by atoms with Gasteiger partial charge >= 0.3 is 0 Å². The molecule has 0 saturated heterocycles. The van der Waals surface area contributed by atoms with Gasteiger partial charge in [-0.3, -0.25) is 4.90 Å². The summed E-state index contributed by atoms with van der Waals surface area (Å²) in [5.41, 5.74) is 0. The lowest BCUT2D eigenvalue weighted by atomic mass is 9.94. The van der Waals surface area contributed by atoms with E-state index in [1.807, 2.05) is 0 Å². The summed E-state index contributed by atoms with van der Waals surface area (Å²) in [4.78, 5) is 2.57. The van der Waals surface area contributed by atoms with Crippen LogP contribution in [0, 0.1) is 0 Å². The van der Waals surface area contributed by atoms with E-state index in [9.17, 15) is 5.11 Å². The molecule has 21 heavy (non-hydrogen) atoms. The number of methoxy groups -OCH3 is 1. The zero-order valence-electron chi connectivity index (χ0n) is 13.9. The molecule has 0 spiro atoms. The minimum absolute atomic E-state index is 0.137. The summed E-state index contributed by atoms with van der Waals surface area (Å²) in [5.74, 6) is 0. The summed E-state index contributed by atoms with van der Waals surface area (Å²) in [5, 5.41) is 10.7. The van der Waals surface area contributed by atoms with Crippen molar-refractivity contribution in [2.24, 2.45) is 0 Å².